The molecule has 1 atom stereocenters. The van der Waals surface area contributed by atoms with Gasteiger partial charge in [0, 0.05) is 32.6 Å². The SMILES string of the molecule is Cn1ccnc(NCC2(C)CCCO2)c1=O. The van der Waals surface area contributed by atoms with E-state index >= 15 is 0 Å². The Morgan fingerprint density at radius 3 is 3.19 bits per heavy atom. The first-order chi connectivity index (χ1) is 7.61. The fourth-order valence-electron chi connectivity index (χ4n) is 1.87. The smallest absolute Gasteiger partial charge is 0.293 e. The van der Waals surface area contributed by atoms with Gasteiger partial charge in [-0.1, -0.05) is 0 Å². The van der Waals surface area contributed by atoms with Gasteiger partial charge in [-0.05, 0) is 19.8 Å². The van der Waals surface area contributed by atoms with Gasteiger partial charge in [0.25, 0.3) is 5.56 Å². The minimum absolute atomic E-state index is 0.107. The summed E-state index contributed by atoms with van der Waals surface area (Å²) in [5.41, 5.74) is -0.271. The molecule has 5 nitrogen and oxygen atoms in total. The summed E-state index contributed by atoms with van der Waals surface area (Å²) in [5.74, 6) is 0.390. The molecule has 2 rings (SSSR count). The number of nitrogens with one attached hydrogen (secondary N) is 1. The van der Waals surface area contributed by atoms with Gasteiger partial charge in [-0.25, -0.2) is 4.98 Å². The van der Waals surface area contributed by atoms with Crippen LogP contribution in [0.4, 0.5) is 5.82 Å². The third kappa shape index (κ3) is 2.24. The van der Waals surface area contributed by atoms with Crippen LogP contribution in [0.15, 0.2) is 17.2 Å². The maximum atomic E-state index is 11.7. The number of rotatable bonds is 3. The standard InChI is InChI=1S/C11H17N3O2/c1-11(4-3-7-16-11)8-13-9-10(15)14(2)6-5-12-9/h5-6H,3-4,7-8H2,1-2H3,(H,12,13). The summed E-state index contributed by atoms with van der Waals surface area (Å²) in [6.07, 6.45) is 5.36. The Labute approximate surface area is 94.5 Å². The van der Waals surface area contributed by atoms with E-state index < -0.39 is 0 Å². The van der Waals surface area contributed by atoms with Crippen LogP contribution in [0.25, 0.3) is 0 Å². The molecule has 1 aromatic rings. The van der Waals surface area contributed by atoms with Gasteiger partial charge < -0.3 is 14.6 Å². The second-order valence-electron chi connectivity index (χ2n) is 4.45. The Balaban J connectivity index is 2.05. The third-order valence-electron chi connectivity index (χ3n) is 2.95. The maximum Gasteiger partial charge on any atom is 0.293 e. The first-order valence-corrected chi connectivity index (χ1v) is 5.50. The molecule has 1 unspecified atom stereocenters. The largest absolute Gasteiger partial charge is 0.373 e. The summed E-state index contributed by atoms with van der Waals surface area (Å²) in [6.45, 7) is 3.48. The lowest BCUT2D eigenvalue weighted by Gasteiger charge is -2.23. The molecule has 1 saturated heterocycles. The van der Waals surface area contributed by atoms with E-state index in [0.29, 0.717) is 12.4 Å². The summed E-state index contributed by atoms with van der Waals surface area (Å²) in [6, 6.07) is 0. The van der Waals surface area contributed by atoms with Crippen LogP contribution in [0.3, 0.4) is 0 Å². The average molecular weight is 223 g/mol. The molecule has 16 heavy (non-hydrogen) atoms. The van der Waals surface area contributed by atoms with Crippen molar-refractivity contribution in [1.82, 2.24) is 9.55 Å². The Hall–Kier alpha value is -1.36. The lowest BCUT2D eigenvalue weighted by Crippen LogP contribution is -2.35. The van der Waals surface area contributed by atoms with E-state index in [1.807, 2.05) is 0 Å². The number of ether oxygens (including phenoxy) is 1. The molecule has 1 N–H and O–H groups in total. The highest BCUT2D eigenvalue weighted by molar-refractivity contribution is 5.31. The number of nitrogens with zero attached hydrogens (tertiary/aromatic N) is 2. The molecule has 0 aromatic carbocycles. The second kappa shape index (κ2) is 4.25. The van der Waals surface area contributed by atoms with E-state index in [1.165, 1.54) is 4.57 Å². The van der Waals surface area contributed by atoms with Gasteiger partial charge in [-0.3, -0.25) is 4.79 Å². The van der Waals surface area contributed by atoms with E-state index in [-0.39, 0.29) is 11.2 Å². The van der Waals surface area contributed by atoms with Crippen molar-refractivity contribution in [2.75, 3.05) is 18.5 Å². The number of aromatic nitrogens is 2. The summed E-state index contributed by atoms with van der Waals surface area (Å²) in [7, 11) is 1.71. The van der Waals surface area contributed by atoms with E-state index in [0.717, 1.165) is 19.4 Å². The topological polar surface area (TPSA) is 56.1 Å². The molecule has 88 valence electrons. The molecular weight excluding hydrogens is 206 g/mol. The van der Waals surface area contributed by atoms with Crippen molar-refractivity contribution < 1.29 is 4.74 Å². The molecular formula is C11H17N3O2. The quantitative estimate of drug-likeness (QED) is 0.822. The predicted octanol–water partition coefficient (Wildman–Crippen LogP) is 0.761. The van der Waals surface area contributed by atoms with Crippen molar-refractivity contribution in [1.29, 1.82) is 0 Å². The monoisotopic (exact) mass is 223 g/mol. The molecule has 0 amide bonds. The first kappa shape index (κ1) is 11.1. The fraction of sp³-hybridized carbons (Fsp3) is 0.636. The van der Waals surface area contributed by atoms with Gasteiger partial charge in [0.2, 0.25) is 0 Å². The minimum atomic E-state index is -0.164. The van der Waals surface area contributed by atoms with Crippen LogP contribution >= 0.6 is 0 Å². The molecule has 0 spiro atoms. The summed E-state index contributed by atoms with van der Waals surface area (Å²) in [4.78, 5) is 15.7. The van der Waals surface area contributed by atoms with Crippen LogP contribution in [0.5, 0.6) is 0 Å². The maximum absolute atomic E-state index is 11.7. The van der Waals surface area contributed by atoms with Crippen molar-refractivity contribution in [3.63, 3.8) is 0 Å². The second-order valence-corrected chi connectivity index (χ2v) is 4.45. The molecule has 1 aromatic heterocycles. The predicted molar refractivity (Wildman–Crippen MR) is 61.6 cm³/mol. The summed E-state index contributed by atoms with van der Waals surface area (Å²) >= 11 is 0. The molecule has 0 bridgehead atoms. The molecule has 5 heteroatoms. The zero-order valence-corrected chi connectivity index (χ0v) is 9.69. The normalized spacial score (nSPS) is 24.6. The molecule has 0 radical (unpaired) electrons. The number of hydrogen-bond acceptors (Lipinski definition) is 4. The molecule has 1 aliphatic rings. The Morgan fingerprint density at radius 1 is 1.69 bits per heavy atom. The van der Waals surface area contributed by atoms with Crippen LogP contribution in [0.2, 0.25) is 0 Å². The van der Waals surface area contributed by atoms with E-state index in [1.54, 1.807) is 19.4 Å². The van der Waals surface area contributed by atoms with Gasteiger partial charge in [-0.2, -0.15) is 0 Å². The van der Waals surface area contributed by atoms with Crippen LogP contribution < -0.4 is 10.9 Å². The summed E-state index contributed by atoms with van der Waals surface area (Å²) < 4.78 is 7.14. The first-order valence-electron chi connectivity index (χ1n) is 5.50. The lowest BCUT2D eigenvalue weighted by molar-refractivity contribution is 0.0314. The van der Waals surface area contributed by atoms with Crippen LogP contribution in [-0.2, 0) is 11.8 Å². The fourth-order valence-corrected chi connectivity index (χ4v) is 1.87. The number of anilines is 1. The highest BCUT2D eigenvalue weighted by atomic mass is 16.5. The van der Waals surface area contributed by atoms with E-state index in [2.05, 4.69) is 17.2 Å². The van der Waals surface area contributed by atoms with Crippen LogP contribution in [-0.4, -0.2) is 28.3 Å². The molecule has 2 heterocycles. The highest BCUT2D eigenvalue weighted by Crippen LogP contribution is 2.24. The van der Waals surface area contributed by atoms with Crippen LogP contribution in [0, 0.1) is 0 Å². The summed E-state index contributed by atoms with van der Waals surface area (Å²) in [5, 5.41) is 3.07. The van der Waals surface area contributed by atoms with Gasteiger partial charge in [-0.15, -0.1) is 0 Å². The Bertz CT molecular complexity index is 421. The Kier molecular flexibility index (Phi) is 2.96. The molecule has 0 aliphatic carbocycles. The minimum Gasteiger partial charge on any atom is -0.373 e. The van der Waals surface area contributed by atoms with Gasteiger partial charge in [0.1, 0.15) is 0 Å². The average Bonchev–Trinajstić information content (AvgIpc) is 2.68. The molecule has 1 fully saturated rings. The van der Waals surface area contributed by atoms with Gasteiger partial charge in [0.15, 0.2) is 5.82 Å². The van der Waals surface area contributed by atoms with Crippen molar-refractivity contribution in [2.24, 2.45) is 7.05 Å². The molecule has 1 aliphatic heterocycles. The van der Waals surface area contributed by atoms with Crippen LogP contribution in [0.1, 0.15) is 19.8 Å². The lowest BCUT2D eigenvalue weighted by atomic mass is 10.0. The zero-order chi connectivity index (χ0) is 11.6. The zero-order valence-electron chi connectivity index (χ0n) is 9.69. The van der Waals surface area contributed by atoms with E-state index in [9.17, 15) is 4.79 Å². The third-order valence-corrected chi connectivity index (χ3v) is 2.95. The number of aryl methyl sites for hydroxylation is 1. The van der Waals surface area contributed by atoms with Gasteiger partial charge >= 0.3 is 0 Å². The van der Waals surface area contributed by atoms with Gasteiger partial charge in [0.05, 0.1) is 5.60 Å². The highest BCUT2D eigenvalue weighted by Gasteiger charge is 2.29. The van der Waals surface area contributed by atoms with Crippen molar-refractivity contribution in [3.8, 4) is 0 Å². The molecule has 0 saturated carbocycles. The Morgan fingerprint density at radius 2 is 2.50 bits per heavy atom. The van der Waals surface area contributed by atoms with Crippen molar-refractivity contribution >= 4 is 5.82 Å². The van der Waals surface area contributed by atoms with Crippen molar-refractivity contribution in [2.45, 2.75) is 25.4 Å². The van der Waals surface area contributed by atoms with E-state index in [4.69, 9.17) is 4.74 Å². The number of hydrogen-bond donors (Lipinski definition) is 1. The van der Waals surface area contributed by atoms with Crippen molar-refractivity contribution in [3.05, 3.63) is 22.7 Å².